The Bertz CT molecular complexity index is 3770. The lowest BCUT2D eigenvalue weighted by molar-refractivity contribution is 0.660. The van der Waals surface area contributed by atoms with Gasteiger partial charge < -0.3 is 14.0 Å². The van der Waals surface area contributed by atoms with Gasteiger partial charge in [-0.3, -0.25) is 0 Å². The van der Waals surface area contributed by atoms with Gasteiger partial charge in [0, 0.05) is 61.0 Å². The van der Waals surface area contributed by atoms with Gasteiger partial charge in [-0.05, 0) is 111 Å². The predicted molar refractivity (Wildman–Crippen MR) is 270 cm³/mol. The Morgan fingerprint density at radius 2 is 0.906 bits per heavy atom. The molecule has 302 valence electrons. The first-order chi connectivity index (χ1) is 31.5. The maximum atomic E-state index is 2.49. The molecule has 10 aromatic carbocycles. The lowest BCUT2D eigenvalue weighted by Gasteiger charge is -2.29. The highest BCUT2D eigenvalue weighted by molar-refractivity contribution is 6.14. The Balaban J connectivity index is 1.14. The Labute approximate surface area is 372 Å². The second-order valence-electron chi connectivity index (χ2n) is 17.8. The minimum atomic E-state index is -0.159. The maximum absolute atomic E-state index is 2.49. The maximum Gasteiger partial charge on any atom is 0.0619 e. The molecule has 0 amide bonds. The highest BCUT2D eigenvalue weighted by atomic mass is 15.1. The van der Waals surface area contributed by atoms with Crippen molar-refractivity contribution in [2.24, 2.45) is 0 Å². The second kappa shape index (κ2) is 13.9. The Morgan fingerprint density at radius 1 is 0.344 bits per heavy atom. The quantitative estimate of drug-likeness (QED) is 0.163. The van der Waals surface area contributed by atoms with E-state index in [0.717, 1.165) is 34.0 Å². The van der Waals surface area contributed by atoms with Crippen molar-refractivity contribution in [3.05, 3.63) is 236 Å². The molecule has 12 aromatic rings. The van der Waals surface area contributed by atoms with Gasteiger partial charge in [-0.15, -0.1) is 0 Å². The molecule has 3 heteroatoms. The molecule has 0 aliphatic heterocycles. The van der Waals surface area contributed by atoms with E-state index in [1.807, 2.05) is 0 Å². The van der Waals surface area contributed by atoms with Gasteiger partial charge in [0.2, 0.25) is 0 Å². The largest absolute Gasteiger partial charge is 0.310 e. The van der Waals surface area contributed by atoms with Crippen molar-refractivity contribution in [1.29, 1.82) is 0 Å². The summed E-state index contributed by atoms with van der Waals surface area (Å²) in [6.07, 6.45) is 0. The fourth-order valence-electron chi connectivity index (χ4n) is 10.9. The Morgan fingerprint density at radius 3 is 1.67 bits per heavy atom. The fraction of sp³-hybridized carbons (Fsp3) is 0.0492. The van der Waals surface area contributed by atoms with Crippen LogP contribution in [0.1, 0.15) is 25.0 Å². The minimum absolute atomic E-state index is 0.159. The average molecular weight is 818 g/mol. The number of hydrogen-bond donors (Lipinski definition) is 0. The van der Waals surface area contributed by atoms with Crippen LogP contribution in [-0.2, 0) is 5.41 Å². The molecule has 0 radical (unpaired) electrons. The van der Waals surface area contributed by atoms with Crippen LogP contribution in [0.2, 0.25) is 0 Å². The lowest BCUT2D eigenvalue weighted by Crippen LogP contribution is -2.16. The molecule has 1 aliphatic carbocycles. The standard InChI is InChI=1S/C61H43N3/c1-61(2)55-27-12-8-21-49(55)50-34-33-45(39-56(50)61)62(44-32-31-40-17-6-7-18-41(40)35-44)46-36-42(37-47(38-46)63-57-28-13-9-22-51(57)52-23-10-14-29-58(52)63)48-25-16-26-54-53-24-11-15-30-59(53)64(60(48)54)43-19-4-3-5-20-43/h3-39H,1-2H3. The number of anilines is 3. The van der Waals surface area contributed by atoms with Crippen molar-refractivity contribution < 1.29 is 0 Å². The van der Waals surface area contributed by atoms with Crippen LogP contribution >= 0.6 is 0 Å². The number of rotatable bonds is 6. The van der Waals surface area contributed by atoms with E-state index in [2.05, 4.69) is 252 Å². The first-order valence-corrected chi connectivity index (χ1v) is 22.3. The van der Waals surface area contributed by atoms with Crippen molar-refractivity contribution >= 4 is 71.4 Å². The lowest BCUT2D eigenvalue weighted by atomic mass is 9.82. The van der Waals surface area contributed by atoms with Crippen LogP contribution in [0.3, 0.4) is 0 Å². The number of fused-ring (bicyclic) bond motifs is 10. The number of para-hydroxylation sites is 5. The van der Waals surface area contributed by atoms with Gasteiger partial charge in [0.15, 0.2) is 0 Å². The number of hydrogen-bond acceptors (Lipinski definition) is 1. The molecule has 1 aliphatic rings. The van der Waals surface area contributed by atoms with Crippen molar-refractivity contribution in [1.82, 2.24) is 9.13 Å². The van der Waals surface area contributed by atoms with Gasteiger partial charge in [-0.1, -0.05) is 166 Å². The van der Waals surface area contributed by atoms with E-state index in [9.17, 15) is 0 Å². The molecular weight excluding hydrogens is 775 g/mol. The molecule has 0 saturated carbocycles. The van der Waals surface area contributed by atoms with E-state index in [-0.39, 0.29) is 5.41 Å². The molecule has 0 saturated heterocycles. The smallest absolute Gasteiger partial charge is 0.0619 e. The first-order valence-electron chi connectivity index (χ1n) is 22.3. The summed E-state index contributed by atoms with van der Waals surface area (Å²) in [6.45, 7) is 4.74. The summed E-state index contributed by atoms with van der Waals surface area (Å²) in [7, 11) is 0. The van der Waals surface area contributed by atoms with E-state index < -0.39 is 0 Å². The zero-order valence-electron chi connectivity index (χ0n) is 35.7. The summed E-state index contributed by atoms with van der Waals surface area (Å²) in [5.41, 5.74) is 17.8. The molecule has 0 spiro atoms. The van der Waals surface area contributed by atoms with Crippen LogP contribution in [0.25, 0.3) is 88.0 Å². The average Bonchev–Trinajstić information content (AvgIpc) is 3.95. The Kier molecular flexibility index (Phi) is 7.95. The number of benzene rings is 10. The molecular formula is C61H43N3. The molecule has 3 nitrogen and oxygen atoms in total. The van der Waals surface area contributed by atoms with Gasteiger partial charge in [0.1, 0.15) is 0 Å². The summed E-state index contributed by atoms with van der Waals surface area (Å²) in [4.78, 5) is 2.49. The summed E-state index contributed by atoms with van der Waals surface area (Å²) >= 11 is 0. The number of aromatic nitrogens is 2. The highest BCUT2D eigenvalue weighted by Gasteiger charge is 2.36. The van der Waals surface area contributed by atoms with Crippen molar-refractivity contribution in [3.63, 3.8) is 0 Å². The Hall–Kier alpha value is -8.14. The molecule has 0 atom stereocenters. The van der Waals surface area contributed by atoms with Gasteiger partial charge >= 0.3 is 0 Å². The van der Waals surface area contributed by atoms with Crippen molar-refractivity contribution in [2.45, 2.75) is 19.3 Å². The van der Waals surface area contributed by atoms with Crippen molar-refractivity contribution in [3.8, 4) is 33.6 Å². The molecule has 0 bridgehead atoms. The van der Waals surface area contributed by atoms with E-state index in [1.165, 1.54) is 82.2 Å². The van der Waals surface area contributed by atoms with E-state index in [1.54, 1.807) is 0 Å². The summed E-state index contributed by atoms with van der Waals surface area (Å²) in [5.74, 6) is 0. The second-order valence-corrected chi connectivity index (χ2v) is 17.8. The van der Waals surface area contributed by atoms with Gasteiger partial charge in [0.25, 0.3) is 0 Å². The molecule has 2 aromatic heterocycles. The van der Waals surface area contributed by atoms with Gasteiger partial charge in [0.05, 0.1) is 22.1 Å². The van der Waals surface area contributed by atoms with Crippen LogP contribution < -0.4 is 4.90 Å². The third-order valence-electron chi connectivity index (χ3n) is 13.8. The first kappa shape index (κ1) is 36.5. The summed E-state index contributed by atoms with van der Waals surface area (Å²) in [6, 6.07) is 83.0. The third-order valence-corrected chi connectivity index (χ3v) is 13.8. The predicted octanol–water partition coefficient (Wildman–Crippen LogP) is 16.5. The zero-order valence-corrected chi connectivity index (χ0v) is 35.7. The van der Waals surface area contributed by atoms with E-state index in [0.29, 0.717) is 0 Å². The normalized spacial score (nSPS) is 13.0. The monoisotopic (exact) mass is 817 g/mol. The third kappa shape index (κ3) is 5.41. The molecule has 0 unspecified atom stereocenters. The van der Waals surface area contributed by atoms with Gasteiger partial charge in [-0.25, -0.2) is 0 Å². The summed E-state index contributed by atoms with van der Waals surface area (Å²) < 4.78 is 4.92. The van der Waals surface area contributed by atoms with Crippen LogP contribution in [0, 0.1) is 0 Å². The van der Waals surface area contributed by atoms with Crippen LogP contribution in [0.15, 0.2) is 224 Å². The van der Waals surface area contributed by atoms with Gasteiger partial charge in [-0.2, -0.15) is 0 Å². The number of nitrogens with zero attached hydrogens (tertiary/aromatic N) is 3. The van der Waals surface area contributed by atoms with Crippen LogP contribution in [-0.4, -0.2) is 9.13 Å². The fourth-order valence-corrected chi connectivity index (χ4v) is 10.9. The molecule has 2 heterocycles. The topological polar surface area (TPSA) is 13.1 Å². The van der Waals surface area contributed by atoms with Crippen LogP contribution in [0.5, 0.6) is 0 Å². The summed E-state index contributed by atoms with van der Waals surface area (Å²) in [5, 5.41) is 7.37. The van der Waals surface area contributed by atoms with Crippen LogP contribution in [0.4, 0.5) is 17.1 Å². The SMILES string of the molecule is CC1(C)c2ccccc2-c2ccc(N(c3cc(-c4cccc5c6ccccc6n(-c6ccccc6)c45)cc(-n4c5ccccc5c5ccccc54)c3)c3ccc4ccccc4c3)cc21. The van der Waals surface area contributed by atoms with E-state index >= 15 is 0 Å². The van der Waals surface area contributed by atoms with E-state index in [4.69, 9.17) is 0 Å². The molecule has 0 N–H and O–H groups in total. The molecule has 0 fully saturated rings. The minimum Gasteiger partial charge on any atom is -0.310 e. The molecule has 13 rings (SSSR count). The molecule has 64 heavy (non-hydrogen) atoms. The van der Waals surface area contributed by atoms with Crippen molar-refractivity contribution in [2.75, 3.05) is 4.90 Å². The highest BCUT2D eigenvalue weighted by Crippen LogP contribution is 2.51. The zero-order chi connectivity index (χ0) is 42.5.